The van der Waals surface area contributed by atoms with Crippen LogP contribution in [0.15, 0.2) is 16.6 Å². The summed E-state index contributed by atoms with van der Waals surface area (Å²) < 4.78 is 7.16. The molecule has 13 heavy (non-hydrogen) atoms. The average Bonchev–Trinajstić information content (AvgIpc) is 2.48. The van der Waals surface area contributed by atoms with Crippen LogP contribution in [-0.4, -0.2) is 17.3 Å². The third-order valence-electron chi connectivity index (χ3n) is 1.77. The molecule has 2 rings (SSSR count). The van der Waals surface area contributed by atoms with Gasteiger partial charge in [-0.1, -0.05) is 0 Å². The van der Waals surface area contributed by atoms with Crippen molar-refractivity contribution in [1.29, 1.82) is 0 Å². The second-order valence-corrected chi connectivity index (χ2v) is 4.47. The number of aromatic amines is 1. The van der Waals surface area contributed by atoms with Gasteiger partial charge in [0.1, 0.15) is 9.45 Å². The number of ether oxygens (including phenoxy) is 1. The minimum atomic E-state index is 0.808. The van der Waals surface area contributed by atoms with E-state index in [0.29, 0.717) is 0 Å². The van der Waals surface area contributed by atoms with E-state index in [1.54, 1.807) is 7.11 Å². The molecule has 0 spiro atoms. The van der Waals surface area contributed by atoms with Gasteiger partial charge >= 0.3 is 0 Å². The fraction of sp³-hybridized carbons (Fsp3) is 0.125. The van der Waals surface area contributed by atoms with E-state index >= 15 is 0 Å². The Morgan fingerprint density at radius 1 is 1.54 bits per heavy atom. The first kappa shape index (κ1) is 9.26. The topological polar surface area (TPSA) is 37.9 Å². The van der Waals surface area contributed by atoms with Gasteiger partial charge < -0.3 is 4.74 Å². The van der Waals surface area contributed by atoms with Gasteiger partial charge in [0, 0.05) is 15.9 Å². The molecule has 68 valence electrons. The molecule has 0 unspecified atom stereocenters. The highest BCUT2D eigenvalue weighted by Gasteiger charge is 2.08. The van der Waals surface area contributed by atoms with Crippen molar-refractivity contribution in [2.24, 2.45) is 0 Å². The van der Waals surface area contributed by atoms with Gasteiger partial charge in [0.25, 0.3) is 0 Å². The SMILES string of the molecule is COc1cc(Br)c2c(I)[nH]nc2c1. The number of hydrogen-bond donors (Lipinski definition) is 1. The molecule has 0 amide bonds. The summed E-state index contributed by atoms with van der Waals surface area (Å²) in [6, 6.07) is 3.83. The third-order valence-corrected chi connectivity index (χ3v) is 3.18. The van der Waals surface area contributed by atoms with Crippen LogP contribution in [-0.2, 0) is 0 Å². The van der Waals surface area contributed by atoms with E-state index in [0.717, 1.165) is 24.8 Å². The van der Waals surface area contributed by atoms with E-state index in [4.69, 9.17) is 4.74 Å². The maximum absolute atomic E-state index is 5.13. The molecule has 0 saturated carbocycles. The predicted octanol–water partition coefficient (Wildman–Crippen LogP) is 2.94. The largest absolute Gasteiger partial charge is 0.497 e. The summed E-state index contributed by atoms with van der Waals surface area (Å²) in [6.45, 7) is 0. The van der Waals surface area contributed by atoms with Gasteiger partial charge in [-0.3, -0.25) is 5.10 Å². The van der Waals surface area contributed by atoms with Crippen molar-refractivity contribution in [3.05, 3.63) is 20.3 Å². The number of H-pyrrole nitrogens is 1. The van der Waals surface area contributed by atoms with Gasteiger partial charge in [0.05, 0.1) is 12.6 Å². The maximum atomic E-state index is 5.13. The lowest BCUT2D eigenvalue weighted by molar-refractivity contribution is 0.415. The zero-order chi connectivity index (χ0) is 9.42. The van der Waals surface area contributed by atoms with Crippen molar-refractivity contribution >= 4 is 49.4 Å². The zero-order valence-corrected chi connectivity index (χ0v) is 10.5. The first-order valence-electron chi connectivity index (χ1n) is 3.59. The normalized spacial score (nSPS) is 10.7. The van der Waals surface area contributed by atoms with Crippen LogP contribution in [0.25, 0.3) is 10.9 Å². The number of nitrogens with one attached hydrogen (secondary N) is 1. The molecule has 2 aromatic rings. The van der Waals surface area contributed by atoms with Crippen molar-refractivity contribution in [3.63, 3.8) is 0 Å². The van der Waals surface area contributed by atoms with Gasteiger partial charge in [-0.25, -0.2) is 0 Å². The number of hydrogen-bond acceptors (Lipinski definition) is 2. The summed E-state index contributed by atoms with van der Waals surface area (Å²) in [5.41, 5.74) is 0.913. The Morgan fingerprint density at radius 3 is 3.00 bits per heavy atom. The lowest BCUT2D eigenvalue weighted by Crippen LogP contribution is -1.82. The molecule has 5 heteroatoms. The van der Waals surface area contributed by atoms with Crippen LogP contribution in [0, 0.1) is 3.70 Å². The first-order valence-corrected chi connectivity index (χ1v) is 5.46. The van der Waals surface area contributed by atoms with Gasteiger partial charge in [-0.05, 0) is 44.6 Å². The maximum Gasteiger partial charge on any atom is 0.122 e. The van der Waals surface area contributed by atoms with E-state index in [1.165, 1.54) is 0 Å². The summed E-state index contributed by atoms with van der Waals surface area (Å²) in [5, 5.41) is 8.16. The third kappa shape index (κ3) is 1.54. The Morgan fingerprint density at radius 2 is 2.31 bits per heavy atom. The Hall–Kier alpha value is -0.300. The molecular weight excluding hydrogens is 347 g/mol. The molecule has 0 aliphatic rings. The van der Waals surface area contributed by atoms with Gasteiger partial charge in [0.2, 0.25) is 0 Å². The van der Waals surface area contributed by atoms with Gasteiger partial charge in [-0.2, -0.15) is 5.10 Å². The molecular formula is C8H6BrIN2O. The number of benzene rings is 1. The summed E-state index contributed by atoms with van der Waals surface area (Å²) in [4.78, 5) is 0. The van der Waals surface area contributed by atoms with Crippen LogP contribution in [0.5, 0.6) is 5.75 Å². The van der Waals surface area contributed by atoms with Crippen LogP contribution < -0.4 is 4.74 Å². The number of methoxy groups -OCH3 is 1. The molecule has 1 aromatic heterocycles. The van der Waals surface area contributed by atoms with Crippen LogP contribution in [0.1, 0.15) is 0 Å². The highest BCUT2D eigenvalue weighted by Crippen LogP contribution is 2.30. The monoisotopic (exact) mass is 352 g/mol. The van der Waals surface area contributed by atoms with Crippen molar-refractivity contribution < 1.29 is 4.74 Å². The lowest BCUT2D eigenvalue weighted by Gasteiger charge is -2.00. The van der Waals surface area contributed by atoms with Crippen LogP contribution in [0.4, 0.5) is 0 Å². The fourth-order valence-corrected chi connectivity index (χ4v) is 2.84. The number of nitrogens with zero attached hydrogens (tertiary/aromatic N) is 1. The van der Waals surface area contributed by atoms with E-state index in [2.05, 4.69) is 48.7 Å². The number of halogens is 2. The van der Waals surface area contributed by atoms with Gasteiger partial charge in [0.15, 0.2) is 0 Å². The molecule has 0 atom stereocenters. The minimum Gasteiger partial charge on any atom is -0.497 e. The minimum absolute atomic E-state index is 0.808. The van der Waals surface area contributed by atoms with E-state index < -0.39 is 0 Å². The fourth-order valence-electron chi connectivity index (χ4n) is 1.16. The molecule has 0 saturated heterocycles. The second kappa shape index (κ2) is 3.45. The predicted molar refractivity (Wildman–Crippen MR) is 63.1 cm³/mol. The van der Waals surface area contributed by atoms with Crippen molar-refractivity contribution in [2.45, 2.75) is 0 Å². The second-order valence-electron chi connectivity index (χ2n) is 2.54. The Labute approximate surface area is 97.1 Å². The zero-order valence-electron chi connectivity index (χ0n) is 6.77. The molecule has 0 bridgehead atoms. The smallest absolute Gasteiger partial charge is 0.122 e. The highest BCUT2D eigenvalue weighted by molar-refractivity contribution is 14.1. The van der Waals surface area contributed by atoms with E-state index in [1.807, 2.05) is 12.1 Å². The highest BCUT2D eigenvalue weighted by atomic mass is 127. The summed E-state index contributed by atoms with van der Waals surface area (Å²) in [7, 11) is 1.64. The molecule has 1 heterocycles. The molecule has 0 radical (unpaired) electrons. The van der Waals surface area contributed by atoms with Crippen molar-refractivity contribution in [3.8, 4) is 5.75 Å². The standard InChI is InChI=1S/C8H6BrIN2O/c1-13-4-2-5(9)7-6(3-4)11-12-8(7)10/h2-3H,1H3,(H,11,12). The molecule has 1 aromatic carbocycles. The molecule has 1 N–H and O–H groups in total. The average molecular weight is 353 g/mol. The van der Waals surface area contributed by atoms with Crippen molar-refractivity contribution in [2.75, 3.05) is 7.11 Å². The first-order chi connectivity index (χ1) is 6.22. The molecule has 0 aliphatic carbocycles. The molecule has 3 nitrogen and oxygen atoms in total. The van der Waals surface area contributed by atoms with Crippen LogP contribution in [0.2, 0.25) is 0 Å². The quantitative estimate of drug-likeness (QED) is 0.801. The number of aromatic nitrogens is 2. The molecule has 0 aliphatic heterocycles. The van der Waals surface area contributed by atoms with Crippen LogP contribution in [0.3, 0.4) is 0 Å². The van der Waals surface area contributed by atoms with E-state index in [9.17, 15) is 0 Å². The summed E-state index contributed by atoms with van der Waals surface area (Å²) in [6.07, 6.45) is 0. The number of fused-ring (bicyclic) bond motifs is 1. The van der Waals surface area contributed by atoms with Crippen molar-refractivity contribution in [1.82, 2.24) is 10.2 Å². The lowest BCUT2D eigenvalue weighted by atomic mass is 10.2. The summed E-state index contributed by atoms with van der Waals surface area (Å²) >= 11 is 5.69. The Kier molecular flexibility index (Phi) is 2.46. The summed E-state index contributed by atoms with van der Waals surface area (Å²) in [5.74, 6) is 0.808. The Bertz CT molecular complexity index is 455. The molecule has 0 fully saturated rings. The van der Waals surface area contributed by atoms with Gasteiger partial charge in [-0.15, -0.1) is 0 Å². The van der Waals surface area contributed by atoms with Crippen LogP contribution >= 0.6 is 38.5 Å². The Balaban J connectivity index is 2.79. The number of rotatable bonds is 1. The van der Waals surface area contributed by atoms with E-state index in [-0.39, 0.29) is 0 Å².